The van der Waals surface area contributed by atoms with Gasteiger partial charge in [0.2, 0.25) is 5.91 Å². The Bertz CT molecular complexity index is 819. The number of fused-ring (bicyclic) bond motifs is 1. The number of carbonyl (C=O) groups excluding carboxylic acids is 1. The van der Waals surface area contributed by atoms with Crippen LogP contribution in [0.4, 0.5) is 8.78 Å². The molecule has 3 saturated heterocycles. The molecule has 0 saturated carbocycles. The quantitative estimate of drug-likeness (QED) is 0.668. The van der Waals surface area contributed by atoms with E-state index >= 15 is 0 Å². The highest BCUT2D eigenvalue weighted by molar-refractivity contribution is 5.79. The molecular formula is C25H32F2N2O2. The second kappa shape index (κ2) is 8.62. The number of likely N-dealkylation sites (tertiary alicyclic amines) is 2. The predicted octanol–water partition coefficient (Wildman–Crippen LogP) is 3.72. The van der Waals surface area contributed by atoms with Gasteiger partial charge in [0.15, 0.2) is 0 Å². The van der Waals surface area contributed by atoms with Gasteiger partial charge in [0, 0.05) is 57.6 Å². The van der Waals surface area contributed by atoms with Crippen LogP contribution in [0.1, 0.15) is 36.3 Å². The Kier molecular flexibility index (Phi) is 5.86. The Hall–Kier alpha value is -1.79. The monoisotopic (exact) mass is 430 g/mol. The first-order valence-electron chi connectivity index (χ1n) is 11.7. The number of hydrogen-bond donors (Lipinski definition) is 0. The van der Waals surface area contributed by atoms with Crippen molar-refractivity contribution in [1.82, 2.24) is 9.80 Å². The third-order valence-electron chi connectivity index (χ3n) is 7.65. The molecule has 168 valence electrons. The number of alkyl halides is 2. The Labute approximate surface area is 183 Å². The van der Waals surface area contributed by atoms with Crippen molar-refractivity contribution in [3.05, 3.63) is 47.5 Å². The molecule has 3 atom stereocenters. The van der Waals surface area contributed by atoms with Gasteiger partial charge in [-0.05, 0) is 42.2 Å². The maximum atomic E-state index is 13.4. The Morgan fingerprint density at radius 3 is 2.58 bits per heavy atom. The number of amides is 1. The molecule has 3 unspecified atom stereocenters. The zero-order valence-electron chi connectivity index (χ0n) is 18.0. The summed E-state index contributed by atoms with van der Waals surface area (Å²) in [6, 6.07) is 8.66. The van der Waals surface area contributed by atoms with Crippen LogP contribution in [0, 0.1) is 17.8 Å². The largest absolute Gasteiger partial charge is 0.381 e. The summed E-state index contributed by atoms with van der Waals surface area (Å²) in [7, 11) is 0. The molecule has 31 heavy (non-hydrogen) atoms. The maximum Gasteiger partial charge on any atom is 0.261 e. The van der Waals surface area contributed by atoms with Crippen molar-refractivity contribution < 1.29 is 18.3 Å². The molecule has 0 bridgehead atoms. The summed E-state index contributed by atoms with van der Waals surface area (Å²) in [5, 5.41) is 0. The number of carbonyl (C=O) groups is 1. The molecule has 3 heterocycles. The average molecular weight is 431 g/mol. The molecule has 1 amide bonds. The minimum absolute atomic E-state index is 0.0173. The van der Waals surface area contributed by atoms with Crippen LogP contribution in [0.3, 0.4) is 0 Å². The van der Waals surface area contributed by atoms with Crippen LogP contribution in [0.2, 0.25) is 0 Å². The number of allylic oxidation sites excluding steroid dienone is 1. The molecule has 0 N–H and O–H groups in total. The van der Waals surface area contributed by atoms with Gasteiger partial charge in [0.05, 0.1) is 6.54 Å². The normalized spacial score (nSPS) is 30.8. The standard InChI is InChI=1S/C25H32F2N2O2/c26-25(27)10-12-28(17-25)11-7-18-1-3-19(4-2-18)22-6-5-21-15-29(16-23(21)22)24(30)20-8-13-31-14-9-20/h1-6,20-23H,7-17H2. The number of nitrogens with zero attached hydrogens (tertiary/aromatic N) is 2. The smallest absolute Gasteiger partial charge is 0.261 e. The highest BCUT2D eigenvalue weighted by atomic mass is 19.3. The molecule has 0 aromatic heterocycles. The lowest BCUT2D eigenvalue weighted by molar-refractivity contribution is -0.137. The van der Waals surface area contributed by atoms with Crippen LogP contribution >= 0.6 is 0 Å². The molecule has 4 nitrogen and oxygen atoms in total. The number of hydrogen-bond acceptors (Lipinski definition) is 3. The van der Waals surface area contributed by atoms with E-state index in [9.17, 15) is 13.6 Å². The third-order valence-corrected chi connectivity index (χ3v) is 7.65. The molecule has 3 aliphatic heterocycles. The van der Waals surface area contributed by atoms with E-state index in [0.29, 0.717) is 50.0 Å². The van der Waals surface area contributed by atoms with Crippen LogP contribution in [-0.2, 0) is 16.0 Å². The van der Waals surface area contributed by atoms with Crippen LogP contribution < -0.4 is 0 Å². The fourth-order valence-corrected chi connectivity index (χ4v) is 5.78. The van der Waals surface area contributed by atoms with E-state index in [2.05, 4.69) is 41.3 Å². The Balaban J connectivity index is 1.16. The third kappa shape index (κ3) is 4.56. The number of rotatable bonds is 5. The second-order valence-corrected chi connectivity index (χ2v) is 9.74. The van der Waals surface area contributed by atoms with Crippen LogP contribution in [0.5, 0.6) is 0 Å². The van der Waals surface area contributed by atoms with Gasteiger partial charge in [-0.3, -0.25) is 9.69 Å². The summed E-state index contributed by atoms with van der Waals surface area (Å²) >= 11 is 0. The molecule has 0 spiro atoms. The predicted molar refractivity (Wildman–Crippen MR) is 115 cm³/mol. The highest BCUT2D eigenvalue weighted by Crippen LogP contribution is 2.43. The lowest BCUT2D eigenvalue weighted by Crippen LogP contribution is -2.37. The van der Waals surface area contributed by atoms with Crippen LogP contribution in [0.25, 0.3) is 0 Å². The fourth-order valence-electron chi connectivity index (χ4n) is 5.78. The molecule has 1 aromatic rings. The number of ether oxygens (including phenoxy) is 1. The molecule has 4 aliphatic rings. The van der Waals surface area contributed by atoms with Gasteiger partial charge in [0.1, 0.15) is 0 Å². The summed E-state index contributed by atoms with van der Waals surface area (Å²) in [5.41, 5.74) is 2.49. The SMILES string of the molecule is O=C(C1CCOCC1)N1CC2C=CC(c3ccc(CCN4CCC(F)(F)C4)cc3)C2C1. The first-order chi connectivity index (χ1) is 15.0. The van der Waals surface area contributed by atoms with Crippen molar-refractivity contribution in [2.75, 3.05) is 45.9 Å². The van der Waals surface area contributed by atoms with Gasteiger partial charge >= 0.3 is 0 Å². The zero-order valence-corrected chi connectivity index (χ0v) is 18.0. The first kappa shape index (κ1) is 21.1. The van der Waals surface area contributed by atoms with Crippen LogP contribution in [0.15, 0.2) is 36.4 Å². The first-order valence-corrected chi connectivity index (χ1v) is 11.7. The van der Waals surface area contributed by atoms with Gasteiger partial charge in [-0.1, -0.05) is 36.4 Å². The van der Waals surface area contributed by atoms with Gasteiger partial charge in [0.25, 0.3) is 5.92 Å². The van der Waals surface area contributed by atoms with Crippen molar-refractivity contribution in [1.29, 1.82) is 0 Å². The van der Waals surface area contributed by atoms with Gasteiger partial charge in [-0.15, -0.1) is 0 Å². The van der Waals surface area contributed by atoms with Crippen molar-refractivity contribution in [3.63, 3.8) is 0 Å². The number of halogens is 2. The van der Waals surface area contributed by atoms with E-state index in [4.69, 9.17) is 4.74 Å². The Morgan fingerprint density at radius 2 is 1.87 bits per heavy atom. The Morgan fingerprint density at radius 1 is 1.10 bits per heavy atom. The number of benzene rings is 1. The van der Waals surface area contributed by atoms with Gasteiger partial charge < -0.3 is 9.64 Å². The minimum Gasteiger partial charge on any atom is -0.381 e. The molecule has 0 radical (unpaired) electrons. The van der Waals surface area contributed by atoms with Crippen molar-refractivity contribution >= 4 is 5.91 Å². The molecular weight excluding hydrogens is 398 g/mol. The topological polar surface area (TPSA) is 32.8 Å². The zero-order chi connectivity index (χ0) is 21.4. The fraction of sp³-hybridized carbons (Fsp3) is 0.640. The second-order valence-electron chi connectivity index (χ2n) is 9.74. The minimum atomic E-state index is -2.52. The van der Waals surface area contributed by atoms with E-state index in [0.717, 1.165) is 32.4 Å². The van der Waals surface area contributed by atoms with Crippen molar-refractivity contribution in [2.24, 2.45) is 17.8 Å². The van der Waals surface area contributed by atoms with E-state index in [1.54, 1.807) is 0 Å². The van der Waals surface area contributed by atoms with E-state index in [-0.39, 0.29) is 18.9 Å². The maximum absolute atomic E-state index is 13.4. The highest BCUT2D eigenvalue weighted by Gasteiger charge is 2.43. The summed E-state index contributed by atoms with van der Waals surface area (Å²) < 4.78 is 32.1. The molecule has 5 rings (SSSR count). The van der Waals surface area contributed by atoms with E-state index in [1.165, 1.54) is 11.1 Å². The van der Waals surface area contributed by atoms with Gasteiger partial charge in [-0.2, -0.15) is 0 Å². The van der Waals surface area contributed by atoms with Crippen LogP contribution in [-0.4, -0.2) is 67.6 Å². The van der Waals surface area contributed by atoms with Crippen molar-refractivity contribution in [2.45, 2.75) is 37.5 Å². The van der Waals surface area contributed by atoms with E-state index < -0.39 is 5.92 Å². The van der Waals surface area contributed by atoms with Gasteiger partial charge in [-0.25, -0.2) is 8.78 Å². The molecule has 3 fully saturated rings. The molecule has 1 aromatic carbocycles. The summed E-state index contributed by atoms with van der Waals surface area (Å²) in [6.45, 7) is 4.15. The molecule has 6 heteroatoms. The summed E-state index contributed by atoms with van der Waals surface area (Å²) in [5.74, 6) is -0.815. The summed E-state index contributed by atoms with van der Waals surface area (Å²) in [4.78, 5) is 16.9. The van der Waals surface area contributed by atoms with Crippen molar-refractivity contribution in [3.8, 4) is 0 Å². The summed E-state index contributed by atoms with van der Waals surface area (Å²) in [6.07, 6.45) is 7.09. The lowest BCUT2D eigenvalue weighted by Gasteiger charge is -2.27. The molecule has 1 aliphatic carbocycles. The van der Waals surface area contributed by atoms with E-state index in [1.807, 2.05) is 4.90 Å². The lowest BCUT2D eigenvalue weighted by atomic mass is 9.85. The average Bonchev–Trinajstić information content (AvgIpc) is 3.46.